The number of carboxylic acids is 1. The number of H-pyrrole nitrogens is 1. The molecular weight excluding hydrogens is 205 g/mol. The molecule has 0 radical (unpaired) electrons. The van der Waals surface area contributed by atoms with Crippen LogP contribution in [0.25, 0.3) is 10.9 Å². The molecule has 68 valence electrons. The van der Waals surface area contributed by atoms with Crippen molar-refractivity contribution in [2.45, 2.75) is 6.42 Å². The minimum Gasteiger partial charge on any atom is -1.00 e. The molecule has 0 spiro atoms. The molecule has 1 aromatic heterocycles. The van der Waals surface area contributed by atoms with Gasteiger partial charge in [0.25, 0.3) is 0 Å². The van der Waals surface area contributed by atoms with E-state index in [9.17, 15) is 4.79 Å². The van der Waals surface area contributed by atoms with Crippen LogP contribution in [0.2, 0.25) is 0 Å². The van der Waals surface area contributed by atoms with Crippen LogP contribution in [0, 0.1) is 0 Å². The number of carbonyl (C=O) groups is 1. The predicted molar refractivity (Wildman–Crippen MR) is 50.8 cm³/mol. The van der Waals surface area contributed by atoms with Crippen molar-refractivity contribution in [2.24, 2.45) is 0 Å². The Hall–Kier alpha value is -0.134. The van der Waals surface area contributed by atoms with Gasteiger partial charge in [0.1, 0.15) is 0 Å². The molecule has 0 saturated carbocycles. The van der Waals surface area contributed by atoms with E-state index in [1.54, 1.807) is 6.20 Å². The zero-order chi connectivity index (χ0) is 9.26. The summed E-state index contributed by atoms with van der Waals surface area (Å²) in [6.07, 6.45) is 1.82. The van der Waals surface area contributed by atoms with Gasteiger partial charge < -0.3 is 11.5 Å². The molecule has 3 nitrogen and oxygen atoms in total. The van der Waals surface area contributed by atoms with Crippen LogP contribution in [0.3, 0.4) is 0 Å². The Morgan fingerprint density at radius 2 is 2.14 bits per heavy atom. The second-order valence-corrected chi connectivity index (χ2v) is 2.93. The summed E-state index contributed by atoms with van der Waals surface area (Å²) >= 11 is 0. The van der Waals surface area contributed by atoms with Crippen LogP contribution in [0.5, 0.6) is 0 Å². The number of hydrogen-bond acceptors (Lipinski definition) is 1. The van der Waals surface area contributed by atoms with E-state index in [0.29, 0.717) is 0 Å². The van der Waals surface area contributed by atoms with Gasteiger partial charge in [-0.15, -0.1) is 0 Å². The van der Waals surface area contributed by atoms with Crippen molar-refractivity contribution in [3.05, 3.63) is 36.0 Å². The molecule has 0 unspecified atom stereocenters. The van der Waals surface area contributed by atoms with Crippen molar-refractivity contribution < 1.29 is 62.7 Å². The van der Waals surface area contributed by atoms with E-state index in [1.807, 2.05) is 24.3 Å². The van der Waals surface area contributed by atoms with Gasteiger partial charge in [-0.3, -0.25) is 4.79 Å². The second-order valence-electron chi connectivity index (χ2n) is 2.93. The summed E-state index contributed by atoms with van der Waals surface area (Å²) in [5.41, 5.74) is 1.82. The number of aromatic amines is 1. The van der Waals surface area contributed by atoms with Gasteiger partial charge in [-0.25, -0.2) is 0 Å². The Balaban J connectivity index is 0.000000980. The molecule has 2 N–H and O–H groups in total. The fraction of sp³-hybridized carbons (Fsp3) is 0.100. The number of aliphatic carboxylic acids is 1. The van der Waals surface area contributed by atoms with E-state index < -0.39 is 5.97 Å². The number of para-hydroxylation sites is 1. The summed E-state index contributed by atoms with van der Waals surface area (Å²) in [4.78, 5) is 13.5. The number of carboxylic acid groups (broad SMARTS) is 1. The molecule has 0 saturated heterocycles. The van der Waals surface area contributed by atoms with E-state index in [2.05, 4.69) is 4.98 Å². The smallest absolute Gasteiger partial charge is 1.00 e. The fourth-order valence-corrected chi connectivity index (χ4v) is 1.44. The van der Waals surface area contributed by atoms with Crippen molar-refractivity contribution in [2.75, 3.05) is 0 Å². The monoisotopic (exact) mass is 215 g/mol. The Labute approximate surface area is 125 Å². The zero-order valence-corrected chi connectivity index (χ0v) is 11.1. The SMILES string of the molecule is O=C(O)Cc1c[nH]c2ccccc12.[H-].[K+]. The van der Waals surface area contributed by atoms with Crippen LogP contribution in [-0.2, 0) is 11.2 Å². The molecule has 1 heterocycles. The van der Waals surface area contributed by atoms with E-state index >= 15 is 0 Å². The minimum atomic E-state index is -0.801. The van der Waals surface area contributed by atoms with Gasteiger partial charge in [0.05, 0.1) is 6.42 Å². The minimum absolute atomic E-state index is 0. The van der Waals surface area contributed by atoms with Crippen LogP contribution in [-0.4, -0.2) is 16.1 Å². The largest absolute Gasteiger partial charge is 1.00 e. The first kappa shape index (κ1) is 11.9. The van der Waals surface area contributed by atoms with E-state index in [0.717, 1.165) is 16.5 Å². The number of rotatable bonds is 2. The number of fused-ring (bicyclic) bond motifs is 1. The zero-order valence-electron chi connectivity index (χ0n) is 8.95. The Kier molecular flexibility index (Phi) is 4.34. The van der Waals surface area contributed by atoms with Crippen LogP contribution in [0.1, 0.15) is 6.99 Å². The van der Waals surface area contributed by atoms with E-state index in [-0.39, 0.29) is 59.2 Å². The van der Waals surface area contributed by atoms with Crippen molar-refractivity contribution in [3.63, 3.8) is 0 Å². The van der Waals surface area contributed by atoms with Crippen LogP contribution in [0.4, 0.5) is 0 Å². The van der Waals surface area contributed by atoms with Gasteiger partial charge in [0.2, 0.25) is 0 Å². The standard InChI is InChI=1S/C10H9NO2.K.H/c12-10(13)5-7-6-11-9-4-2-1-3-8(7)9;;/h1-4,6,11H,5H2,(H,12,13);;/q;+1;-1. The molecule has 2 aromatic rings. The second kappa shape index (κ2) is 5.09. The third kappa shape index (κ3) is 2.46. The third-order valence-electron chi connectivity index (χ3n) is 2.02. The molecule has 0 bridgehead atoms. The summed E-state index contributed by atoms with van der Waals surface area (Å²) in [6, 6.07) is 7.68. The first-order valence-electron chi connectivity index (χ1n) is 4.04. The van der Waals surface area contributed by atoms with Gasteiger partial charge in [0.15, 0.2) is 0 Å². The maximum Gasteiger partial charge on any atom is 1.00 e. The summed E-state index contributed by atoms with van der Waals surface area (Å²) in [5, 5.41) is 9.62. The summed E-state index contributed by atoms with van der Waals surface area (Å²) in [5.74, 6) is -0.801. The molecular formula is C10H10KNO2. The van der Waals surface area contributed by atoms with Crippen LogP contribution >= 0.6 is 0 Å². The summed E-state index contributed by atoms with van der Waals surface area (Å²) in [7, 11) is 0. The van der Waals surface area contributed by atoms with Crippen LogP contribution in [0.15, 0.2) is 30.5 Å². The van der Waals surface area contributed by atoms with E-state index in [4.69, 9.17) is 5.11 Å². The molecule has 0 amide bonds. The van der Waals surface area contributed by atoms with Gasteiger partial charge in [-0.2, -0.15) is 0 Å². The first-order chi connectivity index (χ1) is 6.27. The average Bonchev–Trinajstić information content (AvgIpc) is 2.48. The molecule has 0 fully saturated rings. The van der Waals surface area contributed by atoms with Gasteiger partial charge >= 0.3 is 57.4 Å². The Morgan fingerprint density at radius 1 is 1.43 bits per heavy atom. The molecule has 2 rings (SSSR count). The van der Waals surface area contributed by atoms with Gasteiger partial charge in [-0.05, 0) is 11.6 Å². The Bertz CT molecular complexity index is 455. The number of nitrogens with one attached hydrogen (secondary N) is 1. The van der Waals surface area contributed by atoms with Gasteiger partial charge in [0, 0.05) is 17.1 Å². The summed E-state index contributed by atoms with van der Waals surface area (Å²) in [6.45, 7) is 0. The van der Waals surface area contributed by atoms with Crippen molar-refractivity contribution in [3.8, 4) is 0 Å². The molecule has 0 atom stereocenters. The van der Waals surface area contributed by atoms with Crippen molar-refractivity contribution in [1.82, 2.24) is 4.98 Å². The maximum absolute atomic E-state index is 10.5. The number of aromatic nitrogens is 1. The molecule has 0 aliphatic heterocycles. The first-order valence-corrected chi connectivity index (χ1v) is 4.04. The van der Waals surface area contributed by atoms with Crippen molar-refractivity contribution in [1.29, 1.82) is 0 Å². The quantitative estimate of drug-likeness (QED) is 0.626. The molecule has 1 aromatic carbocycles. The Morgan fingerprint density at radius 3 is 2.86 bits per heavy atom. The van der Waals surface area contributed by atoms with Crippen molar-refractivity contribution >= 4 is 16.9 Å². The molecule has 4 heteroatoms. The average molecular weight is 215 g/mol. The molecule has 0 aliphatic rings. The number of hydrogen-bond donors (Lipinski definition) is 2. The normalized spacial score (nSPS) is 9.71. The van der Waals surface area contributed by atoms with Gasteiger partial charge in [-0.1, -0.05) is 18.2 Å². The topological polar surface area (TPSA) is 53.1 Å². The maximum atomic E-state index is 10.5. The molecule has 0 aliphatic carbocycles. The van der Waals surface area contributed by atoms with E-state index in [1.165, 1.54) is 0 Å². The van der Waals surface area contributed by atoms with Crippen LogP contribution < -0.4 is 51.4 Å². The number of benzene rings is 1. The summed E-state index contributed by atoms with van der Waals surface area (Å²) < 4.78 is 0. The molecule has 14 heavy (non-hydrogen) atoms. The predicted octanol–water partition coefficient (Wildman–Crippen LogP) is -1.09. The fourth-order valence-electron chi connectivity index (χ4n) is 1.44. The third-order valence-corrected chi connectivity index (χ3v) is 2.02.